The van der Waals surface area contributed by atoms with Crippen LogP contribution in [-0.2, 0) is 4.79 Å². The number of amides is 1. The van der Waals surface area contributed by atoms with Crippen LogP contribution in [0.1, 0.15) is 56.2 Å². The Hall–Kier alpha value is -2.60. The molecule has 2 N–H and O–H groups in total. The van der Waals surface area contributed by atoms with E-state index >= 15 is 0 Å². The third-order valence-corrected chi connectivity index (χ3v) is 6.50. The fourth-order valence-corrected chi connectivity index (χ4v) is 4.81. The number of carbonyl (C=O) groups excluding carboxylic acids is 1. The van der Waals surface area contributed by atoms with Crippen LogP contribution in [0.5, 0.6) is 0 Å². The maximum absolute atomic E-state index is 12.0. The highest BCUT2D eigenvalue weighted by Gasteiger charge is 2.23. The monoisotopic (exact) mass is 436 g/mol. The Morgan fingerprint density at radius 2 is 1.74 bits per heavy atom. The number of piperidine rings is 1. The normalized spacial score (nSPS) is 17.5. The van der Waals surface area contributed by atoms with Gasteiger partial charge in [0, 0.05) is 43.1 Å². The molecule has 5 nitrogen and oxygen atoms in total. The van der Waals surface area contributed by atoms with E-state index in [9.17, 15) is 4.79 Å². The summed E-state index contributed by atoms with van der Waals surface area (Å²) >= 11 is 5.55. The first-order chi connectivity index (χ1) is 15.0. The van der Waals surface area contributed by atoms with Crippen molar-refractivity contribution in [3.8, 4) is 0 Å². The van der Waals surface area contributed by atoms with E-state index < -0.39 is 0 Å². The lowest BCUT2D eigenvalue weighted by molar-refractivity contribution is -0.117. The predicted molar refractivity (Wildman–Crippen MR) is 133 cm³/mol. The minimum atomic E-state index is 0.109. The molecule has 2 heterocycles. The molecule has 0 spiro atoms. The Morgan fingerprint density at radius 1 is 1.00 bits per heavy atom. The molecule has 0 radical (unpaired) electrons. The molecule has 2 aromatic rings. The Bertz CT molecular complexity index is 937. The van der Waals surface area contributed by atoms with Crippen LogP contribution in [0.4, 0.5) is 17.1 Å². The van der Waals surface area contributed by atoms with Crippen LogP contribution in [0, 0.1) is 6.92 Å². The van der Waals surface area contributed by atoms with Crippen molar-refractivity contribution in [1.29, 1.82) is 0 Å². The van der Waals surface area contributed by atoms with Gasteiger partial charge in [0.25, 0.3) is 0 Å². The number of benzene rings is 2. The minimum absolute atomic E-state index is 0.109. The van der Waals surface area contributed by atoms with Crippen molar-refractivity contribution in [3.63, 3.8) is 0 Å². The third-order valence-electron chi connectivity index (χ3n) is 6.28. The van der Waals surface area contributed by atoms with E-state index in [-0.39, 0.29) is 11.9 Å². The van der Waals surface area contributed by atoms with E-state index in [1.807, 2.05) is 30.0 Å². The zero-order chi connectivity index (χ0) is 21.8. The summed E-state index contributed by atoms with van der Waals surface area (Å²) in [5.41, 5.74) is 5.52. The van der Waals surface area contributed by atoms with Crippen LogP contribution in [0.25, 0.3) is 0 Å². The molecule has 31 heavy (non-hydrogen) atoms. The predicted octanol–water partition coefficient (Wildman–Crippen LogP) is 5.16. The van der Waals surface area contributed by atoms with Gasteiger partial charge in [-0.3, -0.25) is 4.79 Å². The second-order valence-corrected chi connectivity index (χ2v) is 9.02. The summed E-state index contributed by atoms with van der Waals surface area (Å²) in [4.78, 5) is 16.4. The zero-order valence-corrected chi connectivity index (χ0v) is 19.3. The molecule has 0 bridgehead atoms. The molecule has 2 saturated heterocycles. The lowest BCUT2D eigenvalue weighted by atomic mass is 10.1. The van der Waals surface area contributed by atoms with Gasteiger partial charge in [0.05, 0.1) is 6.04 Å². The highest BCUT2D eigenvalue weighted by Crippen LogP contribution is 2.28. The molecular weight excluding hydrogens is 404 g/mol. The molecular formula is C25H32N4OS. The number of nitrogens with one attached hydrogen (secondary N) is 2. The van der Waals surface area contributed by atoms with Gasteiger partial charge in [0.2, 0.25) is 5.91 Å². The Balaban J connectivity index is 1.34. The molecule has 2 aliphatic rings. The molecule has 1 atom stereocenters. The minimum Gasteiger partial charge on any atom is -0.372 e. The van der Waals surface area contributed by atoms with Gasteiger partial charge in [-0.2, -0.15) is 0 Å². The zero-order valence-electron chi connectivity index (χ0n) is 18.5. The number of nitrogens with zero attached hydrogens (tertiary/aromatic N) is 2. The molecule has 2 aliphatic heterocycles. The topological polar surface area (TPSA) is 47.6 Å². The number of anilines is 3. The van der Waals surface area contributed by atoms with Crippen LogP contribution in [0.2, 0.25) is 0 Å². The van der Waals surface area contributed by atoms with Crippen LogP contribution >= 0.6 is 12.2 Å². The molecule has 2 fully saturated rings. The molecule has 0 aliphatic carbocycles. The first kappa shape index (κ1) is 21.6. The van der Waals surface area contributed by atoms with Crippen LogP contribution in [0.3, 0.4) is 0 Å². The van der Waals surface area contributed by atoms with E-state index in [2.05, 4.69) is 46.7 Å². The second kappa shape index (κ2) is 9.69. The largest absolute Gasteiger partial charge is 0.372 e. The van der Waals surface area contributed by atoms with E-state index in [0.717, 1.165) is 43.0 Å². The number of carbonyl (C=O) groups is 1. The van der Waals surface area contributed by atoms with Gasteiger partial charge in [-0.1, -0.05) is 12.1 Å². The van der Waals surface area contributed by atoms with Crippen molar-refractivity contribution in [2.24, 2.45) is 0 Å². The Labute approximate surface area is 190 Å². The van der Waals surface area contributed by atoms with E-state index in [4.69, 9.17) is 12.2 Å². The summed E-state index contributed by atoms with van der Waals surface area (Å²) in [7, 11) is 0. The SMILES string of the molecule is Cc1cc(NC(=S)N[C@H](C)c2ccc(N3CCCCC3)cc2)ccc1N1CCCC1=O. The summed E-state index contributed by atoms with van der Waals surface area (Å²) in [6.45, 7) is 7.28. The van der Waals surface area contributed by atoms with Gasteiger partial charge in [-0.05, 0) is 93.2 Å². The Morgan fingerprint density at radius 3 is 2.39 bits per heavy atom. The maximum Gasteiger partial charge on any atom is 0.227 e. The molecule has 0 saturated carbocycles. The smallest absolute Gasteiger partial charge is 0.227 e. The number of hydrogen-bond acceptors (Lipinski definition) is 3. The van der Waals surface area contributed by atoms with Gasteiger partial charge < -0.3 is 20.4 Å². The van der Waals surface area contributed by atoms with Crippen molar-refractivity contribution in [3.05, 3.63) is 53.6 Å². The van der Waals surface area contributed by atoms with Crippen LogP contribution in [-0.4, -0.2) is 30.7 Å². The van der Waals surface area contributed by atoms with Crippen LogP contribution < -0.4 is 20.4 Å². The summed E-state index contributed by atoms with van der Waals surface area (Å²) in [6, 6.07) is 15.0. The van der Waals surface area contributed by atoms with Gasteiger partial charge in [0.15, 0.2) is 5.11 Å². The fraction of sp³-hybridized carbons (Fsp3) is 0.440. The van der Waals surface area contributed by atoms with Crippen molar-refractivity contribution in [1.82, 2.24) is 5.32 Å². The molecule has 4 rings (SSSR count). The van der Waals surface area contributed by atoms with E-state index in [0.29, 0.717) is 11.5 Å². The average molecular weight is 437 g/mol. The Kier molecular flexibility index (Phi) is 6.76. The summed E-state index contributed by atoms with van der Waals surface area (Å²) in [5, 5.41) is 7.26. The van der Waals surface area contributed by atoms with E-state index in [1.165, 1.54) is 30.5 Å². The quantitative estimate of drug-likeness (QED) is 0.634. The summed E-state index contributed by atoms with van der Waals surface area (Å²) < 4.78 is 0. The van der Waals surface area contributed by atoms with Gasteiger partial charge >= 0.3 is 0 Å². The number of hydrogen-bond donors (Lipinski definition) is 2. The second-order valence-electron chi connectivity index (χ2n) is 8.61. The average Bonchev–Trinajstić information content (AvgIpc) is 3.20. The maximum atomic E-state index is 12.0. The molecule has 2 aromatic carbocycles. The molecule has 6 heteroatoms. The number of thiocarbonyl (C=S) groups is 1. The van der Waals surface area contributed by atoms with Crippen LogP contribution in [0.15, 0.2) is 42.5 Å². The number of aryl methyl sites for hydroxylation is 1. The molecule has 1 amide bonds. The van der Waals surface area contributed by atoms with E-state index in [1.54, 1.807) is 0 Å². The highest BCUT2D eigenvalue weighted by molar-refractivity contribution is 7.80. The van der Waals surface area contributed by atoms with Gasteiger partial charge in [-0.25, -0.2) is 0 Å². The molecule has 0 unspecified atom stereocenters. The first-order valence-corrected chi connectivity index (χ1v) is 11.8. The van der Waals surface area contributed by atoms with Gasteiger partial charge in [-0.15, -0.1) is 0 Å². The molecule has 164 valence electrons. The van der Waals surface area contributed by atoms with Crippen molar-refractivity contribution in [2.45, 2.75) is 52.0 Å². The first-order valence-electron chi connectivity index (χ1n) is 11.3. The highest BCUT2D eigenvalue weighted by atomic mass is 32.1. The van der Waals surface area contributed by atoms with Crippen molar-refractivity contribution < 1.29 is 4.79 Å². The number of rotatable bonds is 5. The van der Waals surface area contributed by atoms with Crippen molar-refractivity contribution >= 4 is 40.3 Å². The summed E-state index contributed by atoms with van der Waals surface area (Å²) in [5.74, 6) is 0.209. The lowest BCUT2D eigenvalue weighted by Gasteiger charge is -2.29. The summed E-state index contributed by atoms with van der Waals surface area (Å²) in [6.07, 6.45) is 5.50. The fourth-order valence-electron chi connectivity index (χ4n) is 4.51. The standard InChI is InChI=1S/C25H32N4OS/c1-18-17-21(10-13-23(18)29-16-6-7-24(29)30)27-25(31)26-19(2)20-8-11-22(12-9-20)28-14-4-3-5-15-28/h8-13,17,19H,3-7,14-16H2,1-2H3,(H2,26,27,31)/t19-/m1/s1. The molecule has 0 aromatic heterocycles. The third kappa shape index (κ3) is 5.18. The van der Waals surface area contributed by atoms with Gasteiger partial charge in [0.1, 0.15) is 0 Å². The van der Waals surface area contributed by atoms with Crippen molar-refractivity contribution in [2.75, 3.05) is 34.8 Å². The lowest BCUT2D eigenvalue weighted by Crippen LogP contribution is -2.31.